The summed E-state index contributed by atoms with van der Waals surface area (Å²) in [6, 6.07) is 22.4. The first-order chi connectivity index (χ1) is 19.9. The number of fused-ring (bicyclic) bond motifs is 1. The van der Waals surface area contributed by atoms with E-state index in [1.54, 1.807) is 6.07 Å². The van der Waals surface area contributed by atoms with Crippen molar-refractivity contribution in [3.63, 3.8) is 0 Å². The van der Waals surface area contributed by atoms with Gasteiger partial charge in [-0.3, -0.25) is 4.81 Å². The largest absolute Gasteiger partial charge is 0.558 e. The number of nitrogens with zero attached hydrogens (tertiary/aromatic N) is 4. The number of nitroso groups, excluding NO2 is 1. The molecule has 0 aliphatic carbocycles. The molecule has 3 aromatic rings. The first kappa shape index (κ1) is 32.7. The smallest absolute Gasteiger partial charge is 0.396 e. The number of halogens is 1. The average molecular weight is 668 g/mol. The maximum absolute atomic E-state index is 11.2. The van der Waals surface area contributed by atoms with Crippen molar-refractivity contribution < 1.29 is 12.4 Å². The van der Waals surface area contributed by atoms with Gasteiger partial charge in [-0.15, -0.1) is 4.91 Å². The Morgan fingerprint density at radius 3 is 2.20 bits per heavy atom. The van der Waals surface area contributed by atoms with Crippen LogP contribution in [0.5, 0.6) is 0 Å². The van der Waals surface area contributed by atoms with E-state index in [0.29, 0.717) is 45.0 Å². The van der Waals surface area contributed by atoms with Gasteiger partial charge >= 0.3 is 7.25 Å². The summed E-state index contributed by atoms with van der Waals surface area (Å²) in [4.78, 5) is 15.6. The second kappa shape index (κ2) is 17.2. The minimum atomic E-state index is -0.522. The molecule has 0 bridgehead atoms. The Bertz CT molecular complexity index is 1310. The maximum Gasteiger partial charge on any atom is 0.558 e. The quantitative estimate of drug-likeness (QED) is 0.0481. The van der Waals surface area contributed by atoms with Crippen LogP contribution in [-0.4, -0.2) is 57.1 Å². The summed E-state index contributed by atoms with van der Waals surface area (Å²) in [5, 5.41) is 13.9. The van der Waals surface area contributed by atoms with Gasteiger partial charge in [-0.25, -0.2) is 0 Å². The Morgan fingerprint density at radius 1 is 0.902 bits per heavy atom. The van der Waals surface area contributed by atoms with Crippen LogP contribution in [0.1, 0.15) is 45.2 Å². The van der Waals surface area contributed by atoms with Crippen LogP contribution < -0.4 is 4.90 Å². The summed E-state index contributed by atoms with van der Waals surface area (Å²) in [6.07, 6.45) is 4.45. The first-order valence-electron chi connectivity index (χ1n) is 13.9. The van der Waals surface area contributed by atoms with E-state index in [1.807, 2.05) is 53.3 Å². The summed E-state index contributed by atoms with van der Waals surface area (Å²) < 4.78 is 17.5. The molecule has 0 N–H and O–H groups in total. The van der Waals surface area contributed by atoms with E-state index in [9.17, 15) is 4.91 Å². The molecule has 0 aliphatic heterocycles. The number of nitriles is 1. The van der Waals surface area contributed by atoms with Crippen molar-refractivity contribution in [1.82, 2.24) is 4.81 Å². The standard InChI is InChI=1S/C31H38BIN4O4/c1-24(2)37(25(3)4)32(39-21-7-18-34)40-22-19-36(20-23-41-33)28-15-11-26(12-16-28)10-13-27-14-17-31(35-38)30-9-6-5-8-29(27)30/h5-6,8-17,24-25H,7,19-23H2,1-4H3/b13-10+. The van der Waals surface area contributed by atoms with Gasteiger partial charge in [-0.1, -0.05) is 82.3 Å². The number of hydrogen-bond donors (Lipinski definition) is 0. The van der Waals surface area contributed by atoms with Crippen molar-refractivity contribution in [2.45, 2.75) is 46.2 Å². The van der Waals surface area contributed by atoms with Crippen LogP contribution in [0.3, 0.4) is 0 Å². The zero-order chi connectivity index (χ0) is 29.6. The van der Waals surface area contributed by atoms with E-state index < -0.39 is 7.25 Å². The van der Waals surface area contributed by atoms with Crippen molar-refractivity contribution >= 4 is 64.6 Å². The molecule has 0 aliphatic rings. The number of hydrogen-bond acceptors (Lipinski definition) is 8. The minimum Gasteiger partial charge on any atom is -0.396 e. The van der Waals surface area contributed by atoms with E-state index >= 15 is 0 Å². The molecule has 41 heavy (non-hydrogen) atoms. The average Bonchev–Trinajstić information content (AvgIpc) is 2.97. The van der Waals surface area contributed by atoms with Crippen molar-refractivity contribution in [3.05, 3.63) is 76.7 Å². The van der Waals surface area contributed by atoms with Crippen molar-refractivity contribution in [1.29, 1.82) is 5.26 Å². The highest BCUT2D eigenvalue weighted by atomic mass is 127. The fraction of sp³-hybridized carbons (Fsp3) is 0.387. The molecule has 0 heterocycles. The summed E-state index contributed by atoms with van der Waals surface area (Å²) in [7, 11) is -0.522. The number of rotatable bonds is 17. The third kappa shape index (κ3) is 9.62. The Morgan fingerprint density at radius 2 is 1.56 bits per heavy atom. The molecular formula is C31H38BIN4O4. The van der Waals surface area contributed by atoms with Crippen molar-refractivity contribution in [3.8, 4) is 6.07 Å². The lowest BCUT2D eigenvalue weighted by molar-refractivity contribution is 0.119. The zero-order valence-electron chi connectivity index (χ0n) is 24.2. The molecular weight excluding hydrogens is 630 g/mol. The predicted octanol–water partition coefficient (Wildman–Crippen LogP) is 7.63. The van der Waals surface area contributed by atoms with Crippen LogP contribution >= 0.6 is 23.0 Å². The molecule has 0 amide bonds. The van der Waals surface area contributed by atoms with E-state index in [0.717, 1.165) is 27.6 Å². The highest BCUT2D eigenvalue weighted by Gasteiger charge is 2.32. The van der Waals surface area contributed by atoms with E-state index in [-0.39, 0.29) is 12.1 Å². The van der Waals surface area contributed by atoms with Crippen molar-refractivity contribution in [2.75, 3.05) is 37.8 Å². The molecule has 0 spiro atoms. The van der Waals surface area contributed by atoms with Crippen LogP contribution in [0, 0.1) is 16.2 Å². The molecule has 0 radical (unpaired) electrons. The number of anilines is 1. The van der Waals surface area contributed by atoms with Gasteiger partial charge in [0.25, 0.3) is 0 Å². The Labute approximate surface area is 258 Å². The molecule has 0 saturated carbocycles. The van der Waals surface area contributed by atoms with Crippen LogP contribution in [0.2, 0.25) is 0 Å². The molecule has 10 heteroatoms. The van der Waals surface area contributed by atoms with Gasteiger partial charge < -0.3 is 17.3 Å². The molecule has 3 aromatic carbocycles. The molecule has 0 unspecified atom stereocenters. The molecule has 216 valence electrons. The van der Waals surface area contributed by atoms with Gasteiger partial charge in [-0.05, 0) is 52.0 Å². The highest BCUT2D eigenvalue weighted by Crippen LogP contribution is 2.30. The Hall–Kier alpha value is -2.82. The van der Waals surface area contributed by atoms with Crippen LogP contribution in [0.25, 0.3) is 22.9 Å². The van der Waals surface area contributed by atoms with Crippen LogP contribution in [0.15, 0.2) is 65.8 Å². The predicted molar refractivity (Wildman–Crippen MR) is 177 cm³/mol. The van der Waals surface area contributed by atoms with Gasteiger partial charge in [0.05, 0.1) is 25.7 Å². The highest BCUT2D eigenvalue weighted by molar-refractivity contribution is 14.1. The monoisotopic (exact) mass is 668 g/mol. The lowest BCUT2D eigenvalue weighted by Gasteiger charge is -2.34. The minimum absolute atomic E-state index is 0.226. The second-order valence-electron chi connectivity index (χ2n) is 10.1. The summed E-state index contributed by atoms with van der Waals surface area (Å²) in [5.74, 6) is 0. The van der Waals surface area contributed by atoms with E-state index in [1.165, 1.54) is 0 Å². The van der Waals surface area contributed by atoms with Crippen LogP contribution in [0.4, 0.5) is 11.4 Å². The third-order valence-corrected chi connectivity index (χ3v) is 7.16. The van der Waals surface area contributed by atoms with Gasteiger partial charge in [0.1, 0.15) is 28.7 Å². The maximum atomic E-state index is 11.2. The summed E-state index contributed by atoms with van der Waals surface area (Å²) in [5.41, 5.74) is 3.60. The van der Waals surface area contributed by atoms with Gasteiger partial charge in [0.2, 0.25) is 0 Å². The van der Waals surface area contributed by atoms with Gasteiger partial charge in [0, 0.05) is 30.8 Å². The third-order valence-electron chi connectivity index (χ3n) is 6.72. The summed E-state index contributed by atoms with van der Waals surface area (Å²) >= 11 is 1.92. The SMILES string of the molecule is CC(C)N(B(OCCC#N)OCCN(CCOI)c1ccc(/C=C/c2ccc(N=O)c3ccccc23)cc1)C(C)C. The molecule has 0 fully saturated rings. The van der Waals surface area contributed by atoms with Gasteiger partial charge in [-0.2, -0.15) is 5.26 Å². The molecule has 0 saturated heterocycles. The fourth-order valence-electron chi connectivity index (χ4n) is 4.80. The molecule has 0 atom stereocenters. The topological polar surface area (TPSA) is 87.4 Å². The summed E-state index contributed by atoms with van der Waals surface area (Å²) in [6.45, 7) is 11.2. The Kier molecular flexibility index (Phi) is 13.7. The van der Waals surface area contributed by atoms with Gasteiger partial charge in [0.15, 0.2) is 0 Å². The lowest BCUT2D eigenvalue weighted by atomic mass is 9.97. The zero-order valence-corrected chi connectivity index (χ0v) is 26.4. The van der Waals surface area contributed by atoms with E-state index in [4.69, 9.17) is 17.6 Å². The Balaban J connectivity index is 1.70. The van der Waals surface area contributed by atoms with Crippen LogP contribution in [-0.2, 0) is 12.4 Å². The van der Waals surface area contributed by atoms with E-state index in [2.05, 4.69) is 85.1 Å². The first-order valence-corrected chi connectivity index (χ1v) is 14.8. The van der Waals surface area contributed by atoms with Crippen molar-refractivity contribution in [2.24, 2.45) is 5.18 Å². The lowest BCUT2D eigenvalue weighted by Crippen LogP contribution is -2.52. The molecule has 8 nitrogen and oxygen atoms in total. The normalized spacial score (nSPS) is 11.6. The number of benzene rings is 3. The second-order valence-corrected chi connectivity index (χ2v) is 10.8. The molecule has 0 aromatic heterocycles. The fourth-order valence-corrected chi connectivity index (χ4v) is 5.00. The molecule has 3 rings (SSSR count).